The summed E-state index contributed by atoms with van der Waals surface area (Å²) < 4.78 is 40.8. The number of primary amides is 1. The molecule has 3 amide bonds. The number of likely N-dealkylation sites (tertiary alicyclic amines) is 1. The molecule has 3 N–H and O–H groups in total. The summed E-state index contributed by atoms with van der Waals surface area (Å²) in [6, 6.07) is 5.63. The molecule has 11 heteroatoms. The Kier molecular flexibility index (Phi) is 5.52. The van der Waals surface area contributed by atoms with E-state index in [0.29, 0.717) is 30.2 Å². The van der Waals surface area contributed by atoms with Crippen molar-refractivity contribution in [2.45, 2.75) is 69.4 Å². The minimum atomic E-state index is -4.27. The number of hydrogen-bond donors (Lipinski definition) is 2. The second-order valence-corrected chi connectivity index (χ2v) is 9.61. The average molecular weight is 477 g/mol. The lowest BCUT2D eigenvalue weighted by atomic mass is 9.85. The van der Waals surface area contributed by atoms with Crippen LogP contribution >= 0.6 is 0 Å². The maximum atomic E-state index is 13.3. The summed E-state index contributed by atoms with van der Waals surface area (Å²) in [5.41, 5.74) is 6.08. The predicted octanol–water partition coefficient (Wildman–Crippen LogP) is 2.36. The van der Waals surface area contributed by atoms with Crippen LogP contribution in [0.15, 0.2) is 24.3 Å². The number of carbonyl (C=O) groups excluding carboxylic acids is 3. The first-order valence-electron chi connectivity index (χ1n) is 11.6. The number of carbonyl (C=O) groups is 3. The summed E-state index contributed by atoms with van der Waals surface area (Å²) in [5.74, 6) is -2.59. The minimum Gasteiger partial charge on any atom is -0.364 e. The van der Waals surface area contributed by atoms with Crippen molar-refractivity contribution in [3.63, 3.8) is 0 Å². The summed E-state index contributed by atoms with van der Waals surface area (Å²) >= 11 is 0. The van der Waals surface area contributed by atoms with E-state index in [2.05, 4.69) is 10.4 Å². The molecule has 2 heterocycles. The first-order chi connectivity index (χ1) is 16.1. The summed E-state index contributed by atoms with van der Waals surface area (Å²) in [4.78, 5) is 39.7. The lowest BCUT2D eigenvalue weighted by Crippen LogP contribution is -2.52. The van der Waals surface area contributed by atoms with Crippen LogP contribution in [0, 0.1) is 11.8 Å². The second kappa shape index (κ2) is 8.28. The third-order valence-corrected chi connectivity index (χ3v) is 7.35. The number of piperidine rings is 1. The van der Waals surface area contributed by atoms with Gasteiger partial charge in [-0.1, -0.05) is 24.6 Å². The molecule has 0 spiro atoms. The average Bonchev–Trinajstić information content (AvgIpc) is 3.29. The Balaban J connectivity index is 1.30. The number of nitrogens with one attached hydrogen (secondary N) is 1. The maximum absolute atomic E-state index is 13.3. The zero-order valence-electron chi connectivity index (χ0n) is 18.4. The molecule has 1 saturated heterocycles. The zero-order chi connectivity index (χ0) is 24.2. The summed E-state index contributed by atoms with van der Waals surface area (Å²) in [7, 11) is 0. The van der Waals surface area contributed by atoms with Crippen LogP contribution in [-0.2, 0) is 16.1 Å². The van der Waals surface area contributed by atoms with Crippen LogP contribution in [0.2, 0.25) is 0 Å². The molecule has 2 saturated carbocycles. The van der Waals surface area contributed by atoms with Crippen LogP contribution in [0.5, 0.6) is 0 Å². The van der Waals surface area contributed by atoms with Gasteiger partial charge in [0, 0.05) is 17.5 Å². The number of nitrogens with two attached hydrogens (primary N) is 1. The van der Waals surface area contributed by atoms with Crippen molar-refractivity contribution < 1.29 is 27.6 Å². The van der Waals surface area contributed by atoms with Crippen molar-refractivity contribution in [3.8, 4) is 0 Å². The molecule has 182 valence electrons. The van der Waals surface area contributed by atoms with Crippen molar-refractivity contribution in [1.29, 1.82) is 0 Å². The van der Waals surface area contributed by atoms with Crippen molar-refractivity contribution in [2.24, 2.45) is 17.6 Å². The van der Waals surface area contributed by atoms with Crippen molar-refractivity contribution in [2.75, 3.05) is 0 Å². The van der Waals surface area contributed by atoms with E-state index in [0.717, 1.165) is 6.42 Å². The lowest BCUT2D eigenvalue weighted by molar-refractivity contribution is -0.184. The van der Waals surface area contributed by atoms with Gasteiger partial charge in [-0.15, -0.1) is 0 Å². The van der Waals surface area contributed by atoms with Gasteiger partial charge in [-0.05, 0) is 44.1 Å². The highest BCUT2D eigenvalue weighted by Crippen LogP contribution is 2.48. The Bertz CT molecular complexity index is 1150. The number of halogens is 3. The normalized spacial score (nSPS) is 28.6. The van der Waals surface area contributed by atoms with Crippen LogP contribution in [0.1, 0.15) is 49.0 Å². The number of alkyl halides is 3. The molecule has 1 unspecified atom stereocenters. The van der Waals surface area contributed by atoms with E-state index in [-0.39, 0.29) is 42.9 Å². The SMILES string of the molecule is NC(=O)c1nn(CC(=O)N2[C@@H]3C[C@@H]3C[C@H]2C(=O)NC2CCC[C@H](C(F)(F)F)C2)c2ccccc12. The quantitative estimate of drug-likeness (QED) is 0.689. The van der Waals surface area contributed by atoms with Crippen molar-refractivity contribution >= 4 is 28.6 Å². The minimum absolute atomic E-state index is 0.0463. The molecule has 5 atom stereocenters. The van der Waals surface area contributed by atoms with Gasteiger partial charge in [0.1, 0.15) is 12.6 Å². The fourth-order valence-corrected chi connectivity index (χ4v) is 5.60. The highest BCUT2D eigenvalue weighted by molar-refractivity contribution is 6.04. The van der Waals surface area contributed by atoms with Crippen LogP contribution < -0.4 is 11.1 Å². The number of fused-ring (bicyclic) bond motifs is 2. The Labute approximate surface area is 193 Å². The van der Waals surface area contributed by atoms with E-state index in [9.17, 15) is 27.6 Å². The van der Waals surface area contributed by atoms with Gasteiger partial charge in [-0.25, -0.2) is 0 Å². The number of amides is 3. The first kappa shape index (κ1) is 22.7. The molecule has 1 aromatic carbocycles. The van der Waals surface area contributed by atoms with E-state index in [4.69, 9.17) is 5.73 Å². The predicted molar refractivity (Wildman–Crippen MR) is 115 cm³/mol. The lowest BCUT2D eigenvalue weighted by Gasteiger charge is -2.33. The van der Waals surface area contributed by atoms with Crippen LogP contribution in [0.4, 0.5) is 13.2 Å². The fraction of sp³-hybridized carbons (Fsp3) is 0.565. The second-order valence-electron chi connectivity index (χ2n) is 9.61. The molecule has 34 heavy (non-hydrogen) atoms. The molecule has 3 fully saturated rings. The van der Waals surface area contributed by atoms with E-state index in [1.807, 2.05) is 0 Å². The Hall–Kier alpha value is -3.11. The molecule has 3 aliphatic rings. The van der Waals surface area contributed by atoms with Gasteiger partial charge < -0.3 is 16.0 Å². The molecular formula is C23H26F3N5O3. The highest BCUT2D eigenvalue weighted by atomic mass is 19.4. The van der Waals surface area contributed by atoms with Gasteiger partial charge in [0.25, 0.3) is 5.91 Å². The standard InChI is InChI=1S/C23H26F3N5O3/c24-23(25,26)13-4-3-5-14(10-13)28-22(34)18-9-12-8-17(12)31(18)19(32)11-30-16-7-2-1-6-15(16)20(29-30)21(27)33/h1-2,6-7,12-14,17-18H,3-5,8-11H2,(H2,27,33)(H,28,34)/t12-,13+,14?,17-,18+/m1/s1. The van der Waals surface area contributed by atoms with Crippen LogP contribution in [0.25, 0.3) is 10.9 Å². The molecule has 5 rings (SSSR count). The summed E-state index contributed by atoms with van der Waals surface area (Å²) in [6.07, 6.45) is -2.09. The number of rotatable bonds is 5. The van der Waals surface area contributed by atoms with E-state index in [1.54, 1.807) is 29.2 Å². The molecule has 0 radical (unpaired) electrons. The van der Waals surface area contributed by atoms with Gasteiger partial charge in [0.05, 0.1) is 11.4 Å². The number of benzene rings is 1. The molecule has 0 bridgehead atoms. The fourth-order valence-electron chi connectivity index (χ4n) is 5.60. The third-order valence-electron chi connectivity index (χ3n) is 7.35. The zero-order valence-corrected chi connectivity index (χ0v) is 18.4. The van der Waals surface area contributed by atoms with Crippen LogP contribution in [0.3, 0.4) is 0 Å². The number of hydrogen-bond acceptors (Lipinski definition) is 4. The maximum Gasteiger partial charge on any atom is 0.391 e. The monoisotopic (exact) mass is 477 g/mol. The Morgan fingerprint density at radius 2 is 1.88 bits per heavy atom. The summed E-state index contributed by atoms with van der Waals surface area (Å²) in [5, 5.41) is 7.55. The van der Waals surface area contributed by atoms with Crippen molar-refractivity contribution in [1.82, 2.24) is 20.0 Å². The van der Waals surface area contributed by atoms with Crippen molar-refractivity contribution in [3.05, 3.63) is 30.0 Å². The molecule has 1 aromatic heterocycles. The molecule has 2 aliphatic carbocycles. The number of nitrogens with zero attached hydrogens (tertiary/aromatic N) is 3. The number of para-hydroxylation sites is 1. The van der Waals surface area contributed by atoms with Gasteiger partial charge in [-0.2, -0.15) is 18.3 Å². The van der Waals surface area contributed by atoms with Gasteiger partial charge >= 0.3 is 6.18 Å². The highest BCUT2D eigenvalue weighted by Gasteiger charge is 2.56. The Morgan fingerprint density at radius 3 is 2.62 bits per heavy atom. The molecule has 1 aliphatic heterocycles. The van der Waals surface area contributed by atoms with E-state index in [1.165, 1.54) is 4.68 Å². The topological polar surface area (TPSA) is 110 Å². The molecule has 8 nitrogen and oxygen atoms in total. The number of aromatic nitrogens is 2. The molecule has 2 aromatic rings. The van der Waals surface area contributed by atoms with E-state index >= 15 is 0 Å². The molecular weight excluding hydrogens is 451 g/mol. The van der Waals surface area contributed by atoms with Gasteiger partial charge in [-0.3, -0.25) is 19.1 Å². The smallest absolute Gasteiger partial charge is 0.364 e. The summed E-state index contributed by atoms with van der Waals surface area (Å²) in [6.45, 7) is -0.166. The van der Waals surface area contributed by atoms with Gasteiger partial charge in [0.2, 0.25) is 11.8 Å². The Morgan fingerprint density at radius 1 is 1.12 bits per heavy atom. The van der Waals surface area contributed by atoms with Gasteiger partial charge in [0.15, 0.2) is 5.69 Å². The first-order valence-corrected chi connectivity index (χ1v) is 11.6. The van der Waals surface area contributed by atoms with Crippen LogP contribution in [-0.4, -0.2) is 56.7 Å². The largest absolute Gasteiger partial charge is 0.391 e. The van der Waals surface area contributed by atoms with E-state index < -0.39 is 36.0 Å². The third kappa shape index (κ3) is 4.12.